The smallest absolute Gasteiger partial charge is 0.302 e. The molecule has 1 N–H and O–H groups in total. The Morgan fingerprint density at radius 1 is 1.12 bits per heavy atom. The number of nitrogens with one attached hydrogen (secondary N) is 1. The average Bonchev–Trinajstić information content (AvgIpc) is 3.01. The summed E-state index contributed by atoms with van der Waals surface area (Å²) >= 11 is 6.44. The molecule has 2 unspecified atom stereocenters. The standard InChI is InChI=1S/C29H37ClN2O9S/c1-7-13-42(36,37)31-25(34)15-24-28(35)32(16-29(3,4)17-40-18(2)33)22-12-11-19(30)14-21(22)26(41-24)20-9-8-10-23(38-5)27(20)39-6/h8-12,14,24,26H,7,13,15-17H2,1-6H3,(H,31,34). The van der Waals surface area contributed by atoms with Crippen LogP contribution in [0.15, 0.2) is 36.4 Å². The third-order valence-electron chi connectivity index (χ3n) is 6.49. The number of anilines is 1. The lowest BCUT2D eigenvalue weighted by Crippen LogP contribution is -2.47. The SMILES string of the molecule is CCCS(=O)(=O)NC(=O)CC1OC(c2cccc(OC)c2OC)c2cc(Cl)ccc2N(CC(C)(C)COC(C)=O)C1=O. The molecule has 0 radical (unpaired) electrons. The van der Waals surface area contributed by atoms with E-state index in [0.29, 0.717) is 39.8 Å². The normalized spacial score (nSPS) is 17.2. The molecule has 2 atom stereocenters. The highest BCUT2D eigenvalue weighted by Crippen LogP contribution is 2.45. The van der Waals surface area contributed by atoms with Crippen LogP contribution in [-0.4, -0.2) is 65.4 Å². The van der Waals surface area contributed by atoms with Gasteiger partial charge in [0.25, 0.3) is 5.91 Å². The van der Waals surface area contributed by atoms with E-state index in [1.807, 2.05) is 18.6 Å². The minimum absolute atomic E-state index is 0.0173. The predicted octanol–water partition coefficient (Wildman–Crippen LogP) is 4.01. The fourth-order valence-corrected chi connectivity index (χ4v) is 5.95. The molecule has 1 aliphatic heterocycles. The Morgan fingerprint density at radius 2 is 1.83 bits per heavy atom. The van der Waals surface area contributed by atoms with Crippen LogP contribution in [-0.2, 0) is 33.9 Å². The highest BCUT2D eigenvalue weighted by atomic mass is 35.5. The Labute approximate surface area is 251 Å². The number of fused-ring (bicyclic) bond motifs is 1. The topological polar surface area (TPSA) is 138 Å². The zero-order chi connectivity index (χ0) is 31.2. The van der Waals surface area contributed by atoms with E-state index in [-0.39, 0.29) is 18.9 Å². The van der Waals surface area contributed by atoms with E-state index in [2.05, 4.69) is 0 Å². The Balaban J connectivity index is 2.18. The maximum Gasteiger partial charge on any atom is 0.302 e. The second-order valence-electron chi connectivity index (χ2n) is 10.7. The predicted molar refractivity (Wildman–Crippen MR) is 157 cm³/mol. The number of rotatable bonds is 12. The van der Waals surface area contributed by atoms with E-state index in [4.69, 9.17) is 30.5 Å². The van der Waals surface area contributed by atoms with Crippen molar-refractivity contribution < 1.29 is 41.7 Å². The summed E-state index contributed by atoms with van der Waals surface area (Å²) in [6, 6.07) is 10.1. The summed E-state index contributed by atoms with van der Waals surface area (Å²) < 4.78 is 49.4. The number of methoxy groups -OCH3 is 2. The van der Waals surface area contributed by atoms with E-state index < -0.39 is 51.9 Å². The molecule has 2 aromatic carbocycles. The van der Waals surface area contributed by atoms with Crippen molar-refractivity contribution in [3.05, 3.63) is 52.5 Å². The van der Waals surface area contributed by atoms with Crippen LogP contribution in [0, 0.1) is 5.41 Å². The van der Waals surface area contributed by atoms with Crippen molar-refractivity contribution in [1.29, 1.82) is 0 Å². The molecule has 11 nitrogen and oxygen atoms in total. The van der Waals surface area contributed by atoms with Gasteiger partial charge in [-0.15, -0.1) is 0 Å². The molecule has 1 aliphatic rings. The molecule has 3 rings (SSSR count). The molecule has 0 saturated heterocycles. The first-order valence-corrected chi connectivity index (χ1v) is 15.4. The summed E-state index contributed by atoms with van der Waals surface area (Å²) in [6.45, 7) is 6.71. The number of sulfonamides is 1. The molecule has 230 valence electrons. The summed E-state index contributed by atoms with van der Waals surface area (Å²) in [5.74, 6) is -1.42. The number of nitrogens with zero attached hydrogens (tertiary/aromatic N) is 1. The van der Waals surface area contributed by atoms with Gasteiger partial charge in [-0.3, -0.25) is 19.1 Å². The molecular formula is C29H37ClN2O9S. The Hall–Kier alpha value is -3.35. The third kappa shape index (κ3) is 8.14. The van der Waals surface area contributed by atoms with Gasteiger partial charge in [0, 0.05) is 40.7 Å². The van der Waals surface area contributed by atoms with Gasteiger partial charge in [0.2, 0.25) is 15.9 Å². The summed E-state index contributed by atoms with van der Waals surface area (Å²) in [5.41, 5.74) is 0.741. The number of hydrogen-bond donors (Lipinski definition) is 1. The molecule has 0 aliphatic carbocycles. The average molecular weight is 625 g/mol. The number of para-hydroxylation sites is 1. The highest BCUT2D eigenvalue weighted by molar-refractivity contribution is 7.90. The molecule has 0 fully saturated rings. The van der Waals surface area contributed by atoms with Crippen molar-refractivity contribution in [1.82, 2.24) is 4.72 Å². The highest BCUT2D eigenvalue weighted by Gasteiger charge is 2.41. The van der Waals surface area contributed by atoms with E-state index >= 15 is 0 Å². The van der Waals surface area contributed by atoms with Gasteiger partial charge >= 0.3 is 5.97 Å². The van der Waals surface area contributed by atoms with E-state index in [1.54, 1.807) is 43.3 Å². The fourth-order valence-electron chi connectivity index (χ4n) is 4.70. The molecule has 0 bridgehead atoms. The summed E-state index contributed by atoms with van der Waals surface area (Å²) in [6.07, 6.45) is -2.65. The van der Waals surface area contributed by atoms with Crippen LogP contribution in [0.1, 0.15) is 57.8 Å². The number of carbonyl (C=O) groups excluding carboxylic acids is 3. The monoisotopic (exact) mass is 624 g/mol. The van der Waals surface area contributed by atoms with Gasteiger partial charge in [-0.25, -0.2) is 8.42 Å². The molecule has 13 heteroatoms. The van der Waals surface area contributed by atoms with Gasteiger partial charge < -0.3 is 23.8 Å². The lowest BCUT2D eigenvalue weighted by atomic mass is 9.92. The number of ether oxygens (including phenoxy) is 4. The van der Waals surface area contributed by atoms with Crippen LogP contribution in [0.4, 0.5) is 5.69 Å². The first-order valence-electron chi connectivity index (χ1n) is 13.4. The van der Waals surface area contributed by atoms with Gasteiger partial charge in [0.05, 0.1) is 33.0 Å². The first-order chi connectivity index (χ1) is 19.7. The van der Waals surface area contributed by atoms with Crippen molar-refractivity contribution in [3.8, 4) is 11.5 Å². The number of esters is 1. The summed E-state index contributed by atoms with van der Waals surface area (Å²) in [5, 5.41) is 0.373. The van der Waals surface area contributed by atoms with Crippen molar-refractivity contribution in [3.63, 3.8) is 0 Å². The van der Waals surface area contributed by atoms with Crippen LogP contribution in [0.5, 0.6) is 11.5 Å². The molecule has 2 aromatic rings. The molecule has 0 spiro atoms. The lowest BCUT2D eigenvalue weighted by Gasteiger charge is -2.33. The first kappa shape index (κ1) is 33.2. The van der Waals surface area contributed by atoms with Crippen LogP contribution < -0.4 is 19.1 Å². The van der Waals surface area contributed by atoms with Crippen molar-refractivity contribution in [2.45, 2.75) is 52.7 Å². The summed E-state index contributed by atoms with van der Waals surface area (Å²) in [4.78, 5) is 40.1. The third-order valence-corrected chi connectivity index (χ3v) is 8.21. The number of hydrogen-bond acceptors (Lipinski definition) is 9. The van der Waals surface area contributed by atoms with Crippen molar-refractivity contribution in [2.75, 3.05) is 38.0 Å². The van der Waals surface area contributed by atoms with Crippen LogP contribution >= 0.6 is 11.6 Å². The number of carbonyl (C=O) groups is 3. The number of amides is 2. The largest absolute Gasteiger partial charge is 0.493 e. The molecule has 42 heavy (non-hydrogen) atoms. The number of halogens is 1. The maximum atomic E-state index is 14.2. The summed E-state index contributed by atoms with van der Waals surface area (Å²) in [7, 11) is -0.939. The van der Waals surface area contributed by atoms with E-state index in [1.165, 1.54) is 26.0 Å². The van der Waals surface area contributed by atoms with Gasteiger partial charge in [-0.1, -0.05) is 44.5 Å². The molecule has 0 aromatic heterocycles. The van der Waals surface area contributed by atoms with Gasteiger partial charge in [-0.05, 0) is 30.7 Å². The van der Waals surface area contributed by atoms with Crippen LogP contribution in [0.2, 0.25) is 5.02 Å². The maximum absolute atomic E-state index is 14.2. The molecule has 2 amide bonds. The Morgan fingerprint density at radius 3 is 2.45 bits per heavy atom. The quantitative estimate of drug-likeness (QED) is 0.347. The zero-order valence-corrected chi connectivity index (χ0v) is 26.1. The minimum atomic E-state index is -3.89. The van der Waals surface area contributed by atoms with Gasteiger partial charge in [-0.2, -0.15) is 0 Å². The fraction of sp³-hybridized carbons (Fsp3) is 0.483. The molecule has 1 heterocycles. The Kier molecular flexibility index (Phi) is 10.9. The zero-order valence-electron chi connectivity index (χ0n) is 24.6. The molecular weight excluding hydrogens is 588 g/mol. The Bertz CT molecular complexity index is 1430. The van der Waals surface area contributed by atoms with Crippen LogP contribution in [0.3, 0.4) is 0 Å². The van der Waals surface area contributed by atoms with Crippen molar-refractivity contribution in [2.24, 2.45) is 5.41 Å². The molecule has 0 saturated carbocycles. The van der Waals surface area contributed by atoms with Gasteiger partial charge in [0.1, 0.15) is 12.2 Å². The number of benzene rings is 2. The van der Waals surface area contributed by atoms with Gasteiger partial charge in [0.15, 0.2) is 11.5 Å². The second-order valence-corrected chi connectivity index (χ2v) is 13.0. The van der Waals surface area contributed by atoms with E-state index in [0.717, 1.165) is 0 Å². The van der Waals surface area contributed by atoms with Crippen LogP contribution in [0.25, 0.3) is 0 Å². The van der Waals surface area contributed by atoms with Crippen molar-refractivity contribution >= 4 is 45.1 Å². The lowest BCUT2D eigenvalue weighted by molar-refractivity contribution is -0.144. The van der Waals surface area contributed by atoms with E-state index in [9.17, 15) is 22.8 Å². The minimum Gasteiger partial charge on any atom is -0.493 e. The second kappa shape index (κ2) is 13.7.